The second-order valence-electron chi connectivity index (χ2n) is 8.72. The molecule has 0 bridgehead atoms. The number of benzene rings is 3. The Morgan fingerprint density at radius 3 is 2.08 bits per heavy atom. The molecule has 4 aromatic rings. The number of amides is 2. The van der Waals surface area contributed by atoms with Gasteiger partial charge in [-0.15, -0.1) is 0 Å². The van der Waals surface area contributed by atoms with Crippen LogP contribution in [0, 0.1) is 0 Å². The highest BCUT2D eigenvalue weighted by Gasteiger charge is 2.41. The fourth-order valence-electron chi connectivity index (χ4n) is 4.52. The molecule has 0 spiro atoms. The first-order valence-electron chi connectivity index (χ1n) is 12.3. The van der Waals surface area contributed by atoms with Gasteiger partial charge in [-0.1, -0.05) is 78.9 Å². The van der Waals surface area contributed by atoms with Crippen molar-refractivity contribution in [3.8, 4) is 28.2 Å². The van der Waals surface area contributed by atoms with Crippen LogP contribution in [-0.2, 0) is 14.3 Å². The van der Waals surface area contributed by atoms with E-state index in [0.29, 0.717) is 0 Å². The van der Waals surface area contributed by atoms with Crippen molar-refractivity contribution in [3.63, 3.8) is 0 Å². The molecule has 1 aliphatic rings. The molecule has 0 N–H and O–H groups in total. The van der Waals surface area contributed by atoms with Gasteiger partial charge in [0.05, 0.1) is 22.9 Å². The summed E-state index contributed by atoms with van der Waals surface area (Å²) in [4.78, 5) is 39.7. The van der Waals surface area contributed by atoms with Gasteiger partial charge in [-0.05, 0) is 61.0 Å². The number of esters is 1. The van der Waals surface area contributed by atoms with E-state index in [9.17, 15) is 14.4 Å². The maximum Gasteiger partial charge on any atom is 0.329 e. The van der Waals surface area contributed by atoms with Crippen LogP contribution >= 0.6 is 11.8 Å². The fraction of sp³-hybridized carbons (Fsp3) is 0.129. The first kappa shape index (κ1) is 25.3. The van der Waals surface area contributed by atoms with Crippen molar-refractivity contribution >= 4 is 35.0 Å². The van der Waals surface area contributed by atoms with Crippen LogP contribution in [0.2, 0.25) is 0 Å². The average Bonchev–Trinajstić information content (AvgIpc) is 3.46. The lowest BCUT2D eigenvalue weighted by Gasteiger charge is -2.19. The number of para-hydroxylation sites is 1. The molecule has 2 amide bonds. The molecule has 1 aliphatic heterocycles. The summed E-state index contributed by atoms with van der Waals surface area (Å²) in [5, 5.41) is -0.492. The van der Waals surface area contributed by atoms with E-state index in [0.717, 1.165) is 50.4 Å². The Morgan fingerprint density at radius 1 is 0.895 bits per heavy atom. The molecule has 7 heteroatoms. The molecule has 1 fully saturated rings. The molecular weight excluding hydrogens is 496 g/mol. The Bertz CT molecular complexity index is 1510. The van der Waals surface area contributed by atoms with Crippen molar-refractivity contribution in [1.82, 2.24) is 9.47 Å². The van der Waals surface area contributed by atoms with Crippen LogP contribution in [0.25, 0.3) is 34.3 Å². The zero-order chi connectivity index (χ0) is 26.6. The number of thioether (sulfide) groups is 1. The van der Waals surface area contributed by atoms with Crippen molar-refractivity contribution in [1.29, 1.82) is 0 Å². The van der Waals surface area contributed by atoms with Gasteiger partial charge in [0.2, 0.25) is 0 Å². The number of hydrogen-bond donors (Lipinski definition) is 0. The van der Waals surface area contributed by atoms with Crippen molar-refractivity contribution in [3.05, 3.63) is 108 Å². The van der Waals surface area contributed by atoms with Gasteiger partial charge >= 0.3 is 5.97 Å². The van der Waals surface area contributed by atoms with Crippen LogP contribution in [-0.4, -0.2) is 39.2 Å². The summed E-state index contributed by atoms with van der Waals surface area (Å²) < 4.78 is 7.21. The molecule has 1 atom stereocenters. The predicted molar refractivity (Wildman–Crippen MR) is 151 cm³/mol. The maximum atomic E-state index is 13.4. The number of imide groups is 1. The highest BCUT2D eigenvalue weighted by molar-refractivity contribution is 8.18. The van der Waals surface area contributed by atoms with Crippen LogP contribution in [0.3, 0.4) is 0 Å². The summed E-state index contributed by atoms with van der Waals surface area (Å²) in [6, 6.07) is 31.0. The number of aromatic nitrogens is 1. The lowest BCUT2D eigenvalue weighted by Crippen LogP contribution is -2.42. The van der Waals surface area contributed by atoms with Gasteiger partial charge in [0.15, 0.2) is 0 Å². The maximum absolute atomic E-state index is 13.4. The Balaban J connectivity index is 1.69. The van der Waals surface area contributed by atoms with Gasteiger partial charge in [-0.3, -0.25) is 14.5 Å². The molecule has 0 saturated carbocycles. The standard InChI is InChI=1S/C31H26N2O4S/c1-3-37-30(35)21(2)32-29(34)27(38-31(32)36)20-24-19-26(22-13-7-4-8-14-22)33(25-17-11-6-12-18-25)28(24)23-15-9-5-10-16-23/h4-21H,3H2,1-2H3/b27-20-/t21-/m0/s1. The minimum Gasteiger partial charge on any atom is -0.464 e. The molecule has 5 rings (SSSR count). The zero-order valence-electron chi connectivity index (χ0n) is 21.0. The van der Waals surface area contributed by atoms with Gasteiger partial charge in [0.1, 0.15) is 6.04 Å². The van der Waals surface area contributed by atoms with Crippen LogP contribution in [0.15, 0.2) is 102 Å². The van der Waals surface area contributed by atoms with Crippen LogP contribution < -0.4 is 0 Å². The monoisotopic (exact) mass is 522 g/mol. The summed E-state index contributed by atoms with van der Waals surface area (Å²) >= 11 is 0.833. The number of rotatable bonds is 7. The van der Waals surface area contributed by atoms with Crippen molar-refractivity contribution in [2.45, 2.75) is 19.9 Å². The molecule has 1 saturated heterocycles. The van der Waals surface area contributed by atoms with Gasteiger partial charge < -0.3 is 9.30 Å². The van der Waals surface area contributed by atoms with Gasteiger partial charge in [-0.25, -0.2) is 4.79 Å². The van der Waals surface area contributed by atoms with E-state index >= 15 is 0 Å². The van der Waals surface area contributed by atoms with Crippen molar-refractivity contribution in [2.75, 3.05) is 6.61 Å². The first-order valence-corrected chi connectivity index (χ1v) is 13.2. The highest BCUT2D eigenvalue weighted by Crippen LogP contribution is 2.40. The minimum absolute atomic E-state index is 0.172. The molecular formula is C31H26N2O4S. The average molecular weight is 523 g/mol. The van der Waals surface area contributed by atoms with E-state index in [1.165, 1.54) is 6.92 Å². The molecule has 2 heterocycles. The molecule has 0 radical (unpaired) electrons. The minimum atomic E-state index is -1.00. The van der Waals surface area contributed by atoms with Crippen molar-refractivity contribution < 1.29 is 19.1 Å². The molecule has 3 aromatic carbocycles. The molecule has 190 valence electrons. The third-order valence-corrected chi connectivity index (χ3v) is 7.17. The number of carbonyl (C=O) groups excluding carboxylic acids is 3. The van der Waals surface area contributed by atoms with E-state index < -0.39 is 23.2 Å². The largest absolute Gasteiger partial charge is 0.464 e. The number of carbonyl (C=O) groups is 3. The van der Waals surface area contributed by atoms with Crippen LogP contribution in [0.1, 0.15) is 19.4 Å². The highest BCUT2D eigenvalue weighted by atomic mass is 32.2. The summed E-state index contributed by atoms with van der Waals surface area (Å²) in [7, 11) is 0. The zero-order valence-corrected chi connectivity index (χ0v) is 21.9. The van der Waals surface area contributed by atoms with E-state index in [-0.39, 0.29) is 11.5 Å². The number of nitrogens with zero attached hydrogens (tertiary/aromatic N) is 2. The van der Waals surface area contributed by atoms with Crippen molar-refractivity contribution in [2.24, 2.45) is 0 Å². The quantitative estimate of drug-likeness (QED) is 0.197. The lowest BCUT2D eigenvalue weighted by atomic mass is 10.1. The van der Waals surface area contributed by atoms with Gasteiger partial charge in [0.25, 0.3) is 11.1 Å². The Morgan fingerprint density at radius 2 is 1.47 bits per heavy atom. The third kappa shape index (κ3) is 4.80. The third-order valence-electron chi connectivity index (χ3n) is 6.29. The topological polar surface area (TPSA) is 68.6 Å². The molecule has 0 aliphatic carbocycles. The molecule has 38 heavy (non-hydrogen) atoms. The van der Waals surface area contributed by atoms with Gasteiger partial charge in [0, 0.05) is 11.3 Å². The van der Waals surface area contributed by atoms with Crippen LogP contribution in [0.4, 0.5) is 4.79 Å². The molecule has 6 nitrogen and oxygen atoms in total. The Labute approximate surface area is 225 Å². The number of hydrogen-bond acceptors (Lipinski definition) is 5. The summed E-state index contributed by atoms with van der Waals surface area (Å²) in [6.07, 6.45) is 1.75. The van der Waals surface area contributed by atoms with E-state index in [2.05, 4.69) is 4.57 Å². The van der Waals surface area contributed by atoms with Gasteiger partial charge in [-0.2, -0.15) is 0 Å². The summed E-state index contributed by atoms with van der Waals surface area (Å²) in [5.74, 6) is -1.11. The second-order valence-corrected chi connectivity index (χ2v) is 9.71. The smallest absolute Gasteiger partial charge is 0.329 e. The summed E-state index contributed by atoms with van der Waals surface area (Å²) in [5.41, 5.74) is 5.56. The Hall–Kier alpha value is -4.36. The lowest BCUT2D eigenvalue weighted by molar-refractivity contribution is -0.150. The predicted octanol–water partition coefficient (Wildman–Crippen LogP) is 6.80. The van der Waals surface area contributed by atoms with Crippen LogP contribution in [0.5, 0.6) is 0 Å². The first-order chi connectivity index (χ1) is 18.5. The summed E-state index contributed by atoms with van der Waals surface area (Å²) in [6.45, 7) is 3.36. The Kier molecular flexibility index (Phi) is 7.29. The molecule has 0 unspecified atom stereocenters. The van der Waals surface area contributed by atoms with E-state index in [1.54, 1.807) is 13.0 Å². The second kappa shape index (κ2) is 10.9. The normalized spacial score (nSPS) is 15.2. The molecule has 1 aromatic heterocycles. The van der Waals surface area contributed by atoms with E-state index in [4.69, 9.17) is 4.74 Å². The fourth-order valence-corrected chi connectivity index (χ4v) is 5.42. The SMILES string of the molecule is CCOC(=O)[C@H](C)N1C(=O)S/C(=C\c2cc(-c3ccccc3)n(-c3ccccc3)c2-c2ccccc2)C1=O. The number of ether oxygens (including phenoxy) is 1. The van der Waals surface area contributed by atoms with E-state index in [1.807, 2.05) is 97.1 Å².